The van der Waals surface area contributed by atoms with Crippen LogP contribution in [0.1, 0.15) is 46.3 Å². The summed E-state index contributed by atoms with van der Waals surface area (Å²) in [5.41, 5.74) is -6.41. The summed E-state index contributed by atoms with van der Waals surface area (Å²) in [4.78, 5) is 42.9. The number of aryl methyl sites for hydroxylation is 1. The molecule has 1 aliphatic heterocycles. The highest BCUT2D eigenvalue weighted by Crippen LogP contribution is 2.57. The van der Waals surface area contributed by atoms with Crippen LogP contribution in [0.25, 0.3) is 0 Å². The molecule has 0 radical (unpaired) electrons. The van der Waals surface area contributed by atoms with Crippen molar-refractivity contribution >= 4 is 46.8 Å². The number of nitrogens with zero attached hydrogens (tertiary/aromatic N) is 2. The molecule has 0 spiro atoms. The highest BCUT2D eigenvalue weighted by atomic mass is 35.5. The van der Waals surface area contributed by atoms with Gasteiger partial charge in [-0.05, 0) is 61.2 Å². The van der Waals surface area contributed by atoms with Crippen molar-refractivity contribution < 1.29 is 54.7 Å². The van der Waals surface area contributed by atoms with E-state index in [1.807, 2.05) is 0 Å². The molecule has 1 heterocycles. The number of carbonyl (C=O) groups is 3. The summed E-state index contributed by atoms with van der Waals surface area (Å²) >= 11 is 11.4. The van der Waals surface area contributed by atoms with Gasteiger partial charge in [0.05, 0.1) is 15.8 Å². The van der Waals surface area contributed by atoms with E-state index in [9.17, 15) is 45.1 Å². The van der Waals surface area contributed by atoms with Crippen molar-refractivity contribution in [3.63, 3.8) is 0 Å². The summed E-state index contributed by atoms with van der Waals surface area (Å²) in [7, 11) is 0. The Morgan fingerprint density at radius 2 is 1.67 bits per heavy atom. The minimum atomic E-state index is -5.08. The zero-order valence-corrected chi connectivity index (χ0v) is 23.3. The molecule has 2 aromatic carbocycles. The molecule has 1 atom stereocenters. The summed E-state index contributed by atoms with van der Waals surface area (Å²) in [5.74, 6) is -3.68. The van der Waals surface area contributed by atoms with Crippen LogP contribution in [-0.4, -0.2) is 47.5 Å². The van der Waals surface area contributed by atoms with Gasteiger partial charge in [-0.2, -0.15) is 31.2 Å². The van der Waals surface area contributed by atoms with Gasteiger partial charge in [0, 0.05) is 17.5 Å². The van der Waals surface area contributed by atoms with Gasteiger partial charge < -0.3 is 9.57 Å². The molecule has 2 aromatic rings. The number of alkyl halides is 6. The third-order valence-electron chi connectivity index (χ3n) is 7.13. The molecule has 0 aromatic heterocycles. The number of carbonyl (C=O) groups excluding carboxylic acids is 3. The van der Waals surface area contributed by atoms with E-state index in [1.165, 1.54) is 13.0 Å². The molecule has 4 rings (SSSR count). The van der Waals surface area contributed by atoms with Crippen molar-refractivity contribution in [1.29, 1.82) is 0 Å². The molecule has 230 valence electrons. The molecule has 1 aliphatic carbocycles. The lowest BCUT2D eigenvalue weighted by Gasteiger charge is -2.29. The van der Waals surface area contributed by atoms with Gasteiger partial charge in [0.2, 0.25) is 0 Å². The van der Waals surface area contributed by atoms with Crippen LogP contribution in [0.4, 0.5) is 35.5 Å². The molecule has 43 heavy (non-hydrogen) atoms. The Morgan fingerprint density at radius 1 is 1.07 bits per heavy atom. The van der Waals surface area contributed by atoms with Crippen molar-refractivity contribution in [2.24, 2.45) is 10.6 Å². The number of oxime groups is 1. The van der Waals surface area contributed by atoms with Gasteiger partial charge >= 0.3 is 18.4 Å². The number of amides is 3. The first kappa shape index (κ1) is 32.3. The number of ether oxygens (including phenoxy) is 1. The fourth-order valence-electron chi connectivity index (χ4n) is 4.34. The van der Waals surface area contributed by atoms with E-state index in [2.05, 4.69) is 16.5 Å². The first-order chi connectivity index (χ1) is 19.9. The van der Waals surface area contributed by atoms with Crippen LogP contribution in [0.2, 0.25) is 10.0 Å². The number of imide groups is 3. The summed E-state index contributed by atoms with van der Waals surface area (Å²) in [5, 5.41) is 2.21. The Balaban J connectivity index is 1.59. The average Bonchev–Trinajstić information content (AvgIpc) is 3.59. The number of hydrogen-bond acceptors (Lipinski definition) is 6. The lowest BCUT2D eigenvalue weighted by molar-refractivity contribution is -0.275. The molecule has 0 saturated heterocycles. The third kappa shape index (κ3) is 5.81. The summed E-state index contributed by atoms with van der Waals surface area (Å²) in [6, 6.07) is 4.88. The smallest absolute Gasteiger partial charge is 0.435 e. The average molecular weight is 655 g/mol. The van der Waals surface area contributed by atoms with Gasteiger partial charge in [0.1, 0.15) is 12.0 Å². The SMILES string of the molecule is C=CC(=O)N(C(=O)OCC1(C(F)(F)F)CC1)C(=O)c1ccc(C2=NOC(c3cc(Cl)c(F)c(Cl)c3)(C(F)(F)F)C2)cc1C. The molecule has 16 heteroatoms. The van der Waals surface area contributed by atoms with Crippen LogP contribution in [0, 0.1) is 18.2 Å². The third-order valence-corrected chi connectivity index (χ3v) is 7.68. The Labute approximate surface area is 248 Å². The maximum absolute atomic E-state index is 14.3. The normalized spacial score (nSPS) is 19.3. The van der Waals surface area contributed by atoms with Crippen LogP contribution in [-0.2, 0) is 20.0 Å². The van der Waals surface area contributed by atoms with Crippen LogP contribution >= 0.6 is 23.2 Å². The molecule has 1 saturated carbocycles. The lowest BCUT2D eigenvalue weighted by Crippen LogP contribution is -2.43. The van der Waals surface area contributed by atoms with Gasteiger partial charge in [-0.15, -0.1) is 0 Å². The molecular formula is C27H19Cl2F7N2O5. The monoisotopic (exact) mass is 654 g/mol. The van der Waals surface area contributed by atoms with E-state index in [-0.39, 0.29) is 40.1 Å². The van der Waals surface area contributed by atoms with Crippen molar-refractivity contribution in [3.8, 4) is 0 Å². The predicted octanol–water partition coefficient (Wildman–Crippen LogP) is 7.66. The molecule has 0 bridgehead atoms. The molecule has 3 amide bonds. The minimum Gasteiger partial charge on any atom is -0.448 e. The first-order valence-corrected chi connectivity index (χ1v) is 13.0. The fraction of sp³-hybridized carbons (Fsp3) is 0.333. The van der Waals surface area contributed by atoms with Gasteiger partial charge in [0.25, 0.3) is 17.4 Å². The van der Waals surface area contributed by atoms with Crippen LogP contribution in [0.3, 0.4) is 0 Å². The predicted molar refractivity (Wildman–Crippen MR) is 138 cm³/mol. The number of rotatable bonds is 6. The van der Waals surface area contributed by atoms with Gasteiger partial charge in [-0.25, -0.2) is 9.18 Å². The fourth-order valence-corrected chi connectivity index (χ4v) is 4.83. The standard InChI is InChI=1S/C27H19Cl2F7N2O5/c1-3-20(39)38(23(41)42-12-24(6-7-24)26(31,32)33)22(40)16-5-4-14(8-13(16)2)19-11-25(43-37-19,27(34,35)36)15-9-17(28)21(30)18(29)10-15/h3-5,8-10H,1,6-7,11-12H2,2H3. The number of hydrogen-bond donors (Lipinski definition) is 0. The Bertz CT molecular complexity index is 1530. The van der Waals surface area contributed by atoms with Crippen molar-refractivity contribution in [1.82, 2.24) is 4.90 Å². The summed E-state index contributed by atoms with van der Waals surface area (Å²) in [6.07, 6.45) is -12.3. The minimum absolute atomic E-state index is 0.0334. The quantitative estimate of drug-likeness (QED) is 0.181. The van der Waals surface area contributed by atoms with Gasteiger partial charge in [-0.3, -0.25) is 9.59 Å². The second kappa shape index (κ2) is 11.1. The Kier molecular flexibility index (Phi) is 8.35. The van der Waals surface area contributed by atoms with Crippen LogP contribution in [0.15, 0.2) is 48.1 Å². The molecule has 0 N–H and O–H groups in total. The largest absolute Gasteiger partial charge is 0.448 e. The van der Waals surface area contributed by atoms with E-state index >= 15 is 0 Å². The number of benzene rings is 2. The van der Waals surface area contributed by atoms with Crippen molar-refractivity contribution in [2.75, 3.05) is 6.61 Å². The zero-order chi connectivity index (χ0) is 32.1. The van der Waals surface area contributed by atoms with Crippen LogP contribution < -0.4 is 0 Å². The zero-order valence-electron chi connectivity index (χ0n) is 21.8. The molecule has 2 aliphatic rings. The topological polar surface area (TPSA) is 85.3 Å². The van der Waals surface area contributed by atoms with Gasteiger partial charge in [0.15, 0.2) is 5.82 Å². The maximum Gasteiger partial charge on any atom is 0.435 e. The van der Waals surface area contributed by atoms with Crippen LogP contribution in [0.5, 0.6) is 0 Å². The van der Waals surface area contributed by atoms with Crippen molar-refractivity contribution in [2.45, 2.75) is 44.1 Å². The number of halogens is 9. The van der Waals surface area contributed by atoms with E-state index in [0.717, 1.165) is 12.1 Å². The summed E-state index contributed by atoms with van der Waals surface area (Å²) < 4.78 is 101. The second-order valence-corrected chi connectivity index (χ2v) is 10.7. The highest BCUT2D eigenvalue weighted by molar-refractivity contribution is 6.35. The van der Waals surface area contributed by atoms with E-state index in [4.69, 9.17) is 28.0 Å². The maximum atomic E-state index is 14.3. The molecule has 1 fully saturated rings. The van der Waals surface area contributed by atoms with E-state index in [0.29, 0.717) is 18.2 Å². The Hall–Kier alpha value is -3.65. The molecular weight excluding hydrogens is 636 g/mol. The Morgan fingerprint density at radius 3 is 2.16 bits per heavy atom. The molecule has 7 nitrogen and oxygen atoms in total. The molecule has 1 unspecified atom stereocenters. The lowest BCUT2D eigenvalue weighted by atomic mass is 9.86. The second-order valence-electron chi connectivity index (χ2n) is 9.93. The first-order valence-electron chi connectivity index (χ1n) is 12.2. The van der Waals surface area contributed by atoms with Gasteiger partial charge in [-0.1, -0.05) is 41.0 Å². The van der Waals surface area contributed by atoms with E-state index in [1.54, 1.807) is 0 Å². The van der Waals surface area contributed by atoms with E-state index < -0.39 is 75.7 Å². The summed E-state index contributed by atoms with van der Waals surface area (Å²) in [6.45, 7) is 3.40. The van der Waals surface area contributed by atoms with Crippen molar-refractivity contribution in [3.05, 3.63) is 81.1 Å². The highest BCUT2D eigenvalue weighted by Gasteiger charge is 2.64.